The lowest BCUT2D eigenvalue weighted by molar-refractivity contribution is 0.327. The lowest BCUT2D eigenvalue weighted by atomic mass is 10.7. The maximum atomic E-state index is 4.68. The normalized spacial score (nSPS) is 11.5. The van der Waals surface area contributed by atoms with Gasteiger partial charge >= 0.3 is 0 Å². The molecular weight excluding hydrogens is 144 g/mol. The second kappa shape index (κ2) is 3.22. The predicted molar refractivity (Wildman–Crippen MR) is 29.7 cm³/mol. The van der Waals surface area contributed by atoms with Crippen LogP contribution in [0.2, 0.25) is 0 Å². The first-order chi connectivity index (χ1) is 2.81. The van der Waals surface area contributed by atoms with Crippen LogP contribution >= 0.6 is 15.9 Å². The van der Waals surface area contributed by atoms with Gasteiger partial charge in [-0.3, -0.25) is 0 Å². The molecule has 6 heavy (non-hydrogen) atoms. The fourth-order valence-electron chi connectivity index (χ4n) is 0.118. The van der Waals surface area contributed by atoms with Crippen molar-refractivity contribution in [2.45, 2.75) is 6.92 Å². The molecule has 0 radical (unpaired) electrons. The maximum absolute atomic E-state index is 4.68. The van der Waals surface area contributed by atoms with Crippen LogP contribution in [0.5, 0.6) is 0 Å². The Bertz CT molecular complexity index is 58.6. The lowest BCUT2D eigenvalue weighted by Gasteiger charge is -1.89. The highest BCUT2D eigenvalue weighted by molar-refractivity contribution is 9.11. The lowest BCUT2D eigenvalue weighted by Crippen LogP contribution is -1.69. The van der Waals surface area contributed by atoms with E-state index in [1.54, 1.807) is 7.11 Å². The largest absolute Gasteiger partial charge is 0.490 e. The molecule has 0 amide bonds. The molecule has 0 aromatic carbocycles. The standard InChI is InChI=1S/C4H7BrO/c1-3-4(5)6-2/h3H,1-2H3. The zero-order chi connectivity index (χ0) is 4.99. The van der Waals surface area contributed by atoms with Crippen LogP contribution < -0.4 is 0 Å². The first-order valence-corrected chi connectivity index (χ1v) is 2.46. The molecule has 0 spiro atoms. The van der Waals surface area contributed by atoms with Crippen molar-refractivity contribution < 1.29 is 4.74 Å². The molecule has 0 aliphatic heterocycles. The Hall–Kier alpha value is 0.0200. The molecule has 0 heterocycles. The predicted octanol–water partition coefficient (Wildman–Crippen LogP) is 1.89. The summed E-state index contributed by atoms with van der Waals surface area (Å²) < 4.78 is 5.46. The van der Waals surface area contributed by atoms with Gasteiger partial charge in [0.2, 0.25) is 0 Å². The fourth-order valence-corrected chi connectivity index (χ4v) is 0.118. The first-order valence-electron chi connectivity index (χ1n) is 1.67. The molecule has 0 saturated heterocycles. The molecule has 0 aromatic heterocycles. The van der Waals surface area contributed by atoms with Crippen molar-refractivity contribution in [2.24, 2.45) is 0 Å². The highest BCUT2D eigenvalue weighted by Crippen LogP contribution is 2.01. The summed E-state index contributed by atoms with van der Waals surface area (Å²) in [7, 11) is 1.62. The van der Waals surface area contributed by atoms with Gasteiger partial charge in [-0.05, 0) is 28.9 Å². The van der Waals surface area contributed by atoms with Gasteiger partial charge in [0, 0.05) is 0 Å². The molecule has 1 nitrogen and oxygen atoms in total. The number of hydrogen-bond acceptors (Lipinski definition) is 1. The molecule has 0 aliphatic rings. The molecule has 0 N–H and O–H groups in total. The zero-order valence-electron chi connectivity index (χ0n) is 3.86. The van der Waals surface area contributed by atoms with E-state index in [1.807, 2.05) is 13.0 Å². The molecule has 0 aliphatic carbocycles. The Kier molecular flexibility index (Phi) is 3.23. The van der Waals surface area contributed by atoms with Crippen molar-refractivity contribution in [2.75, 3.05) is 7.11 Å². The summed E-state index contributed by atoms with van der Waals surface area (Å²) in [5.41, 5.74) is 0. The Morgan fingerprint density at radius 3 is 2.33 bits per heavy atom. The van der Waals surface area contributed by atoms with Crippen molar-refractivity contribution in [3.8, 4) is 0 Å². The van der Waals surface area contributed by atoms with Gasteiger partial charge in [0.15, 0.2) is 4.67 Å². The highest BCUT2D eigenvalue weighted by atomic mass is 79.9. The van der Waals surface area contributed by atoms with Crippen LogP contribution in [0.3, 0.4) is 0 Å². The van der Waals surface area contributed by atoms with Gasteiger partial charge in [0.25, 0.3) is 0 Å². The molecule has 36 valence electrons. The zero-order valence-corrected chi connectivity index (χ0v) is 5.45. The van der Waals surface area contributed by atoms with Crippen LogP contribution in [0.15, 0.2) is 10.7 Å². The van der Waals surface area contributed by atoms with E-state index in [2.05, 4.69) is 20.7 Å². The van der Waals surface area contributed by atoms with Crippen molar-refractivity contribution in [1.82, 2.24) is 0 Å². The molecule has 0 atom stereocenters. The van der Waals surface area contributed by atoms with Crippen LogP contribution in [-0.4, -0.2) is 7.11 Å². The van der Waals surface area contributed by atoms with Crippen LogP contribution in [-0.2, 0) is 4.74 Å². The van der Waals surface area contributed by atoms with E-state index in [9.17, 15) is 0 Å². The second-order valence-corrected chi connectivity index (χ2v) is 1.58. The van der Waals surface area contributed by atoms with E-state index in [0.717, 1.165) is 4.67 Å². The Labute approximate surface area is 46.1 Å². The van der Waals surface area contributed by atoms with Gasteiger partial charge < -0.3 is 4.74 Å². The quantitative estimate of drug-likeness (QED) is 0.520. The van der Waals surface area contributed by atoms with Crippen LogP contribution in [0.25, 0.3) is 0 Å². The number of allylic oxidation sites excluding steroid dienone is 1. The van der Waals surface area contributed by atoms with Crippen molar-refractivity contribution >= 4 is 15.9 Å². The minimum absolute atomic E-state index is 0.780. The van der Waals surface area contributed by atoms with E-state index < -0.39 is 0 Å². The third-order valence-corrected chi connectivity index (χ3v) is 1.20. The van der Waals surface area contributed by atoms with Gasteiger partial charge in [-0.25, -0.2) is 0 Å². The topological polar surface area (TPSA) is 9.23 Å². The van der Waals surface area contributed by atoms with Gasteiger partial charge in [-0.2, -0.15) is 0 Å². The van der Waals surface area contributed by atoms with Gasteiger partial charge in [0.1, 0.15) is 0 Å². The van der Waals surface area contributed by atoms with E-state index >= 15 is 0 Å². The van der Waals surface area contributed by atoms with Gasteiger partial charge in [0.05, 0.1) is 7.11 Å². The number of hydrogen-bond donors (Lipinski definition) is 0. The summed E-state index contributed by atoms with van der Waals surface area (Å²) in [5, 5.41) is 0. The average molecular weight is 151 g/mol. The molecule has 0 unspecified atom stereocenters. The summed E-state index contributed by atoms with van der Waals surface area (Å²) in [4.78, 5) is 0. The van der Waals surface area contributed by atoms with E-state index in [4.69, 9.17) is 0 Å². The maximum Gasteiger partial charge on any atom is 0.157 e. The Morgan fingerprint density at radius 2 is 2.33 bits per heavy atom. The summed E-state index contributed by atoms with van der Waals surface area (Å²) >= 11 is 3.11. The van der Waals surface area contributed by atoms with Crippen molar-refractivity contribution in [3.05, 3.63) is 10.7 Å². The van der Waals surface area contributed by atoms with Crippen LogP contribution in [0.1, 0.15) is 6.92 Å². The minimum Gasteiger partial charge on any atom is -0.490 e. The third kappa shape index (κ3) is 2.27. The monoisotopic (exact) mass is 150 g/mol. The number of rotatable bonds is 1. The van der Waals surface area contributed by atoms with Crippen LogP contribution in [0.4, 0.5) is 0 Å². The smallest absolute Gasteiger partial charge is 0.157 e. The van der Waals surface area contributed by atoms with E-state index in [0.29, 0.717) is 0 Å². The Balaban J connectivity index is 3.22. The number of halogens is 1. The summed E-state index contributed by atoms with van der Waals surface area (Å²) in [6, 6.07) is 0. The number of ether oxygens (including phenoxy) is 1. The molecule has 0 bridgehead atoms. The highest BCUT2D eigenvalue weighted by Gasteiger charge is 1.75. The third-order valence-electron chi connectivity index (χ3n) is 0.422. The second-order valence-electron chi connectivity index (χ2n) is 0.797. The molecule has 0 fully saturated rings. The van der Waals surface area contributed by atoms with Crippen molar-refractivity contribution in [3.63, 3.8) is 0 Å². The van der Waals surface area contributed by atoms with Crippen molar-refractivity contribution in [1.29, 1.82) is 0 Å². The molecular formula is C4H7BrO. The van der Waals surface area contributed by atoms with Gasteiger partial charge in [-0.1, -0.05) is 0 Å². The first kappa shape index (κ1) is 6.02. The molecule has 0 saturated carbocycles. The summed E-state index contributed by atoms with van der Waals surface area (Å²) in [6.07, 6.45) is 1.83. The average Bonchev–Trinajstić information content (AvgIpc) is 1.65. The summed E-state index contributed by atoms with van der Waals surface area (Å²) in [6.45, 7) is 1.90. The SMILES string of the molecule is CC=C(Br)OC. The Morgan fingerprint density at radius 1 is 1.83 bits per heavy atom. The van der Waals surface area contributed by atoms with E-state index in [1.165, 1.54) is 0 Å². The molecule has 0 rings (SSSR count). The van der Waals surface area contributed by atoms with Gasteiger partial charge in [-0.15, -0.1) is 0 Å². The number of methoxy groups -OCH3 is 1. The van der Waals surface area contributed by atoms with Crippen LogP contribution in [0, 0.1) is 0 Å². The fraction of sp³-hybridized carbons (Fsp3) is 0.500. The molecule has 2 heteroatoms. The minimum atomic E-state index is 0.780. The summed E-state index contributed by atoms with van der Waals surface area (Å²) in [5.74, 6) is 0. The van der Waals surface area contributed by atoms with E-state index in [-0.39, 0.29) is 0 Å². The molecule has 0 aromatic rings.